The molecule has 2 atom stereocenters. The molecule has 0 N–H and O–H groups in total. The number of ether oxygens (including phenoxy) is 1. The first-order valence-corrected chi connectivity index (χ1v) is 11.3. The van der Waals surface area contributed by atoms with Crippen molar-refractivity contribution in [1.29, 1.82) is 0 Å². The Kier molecular flexibility index (Phi) is 6.82. The van der Waals surface area contributed by atoms with Gasteiger partial charge in [-0.15, -0.1) is 0 Å². The molecule has 6 nitrogen and oxygen atoms in total. The number of carbonyl (C=O) groups is 3. The van der Waals surface area contributed by atoms with Gasteiger partial charge in [-0.2, -0.15) is 5.10 Å². The Balaban J connectivity index is 1.61. The Hall–Kier alpha value is -3.48. The van der Waals surface area contributed by atoms with Crippen LogP contribution in [-0.2, 0) is 4.74 Å². The first kappa shape index (κ1) is 23.7. The number of benzene rings is 3. The van der Waals surface area contributed by atoms with E-state index in [4.69, 9.17) is 27.9 Å². The Morgan fingerprint density at radius 1 is 0.794 bits per heavy atom. The fourth-order valence-electron chi connectivity index (χ4n) is 3.62. The van der Waals surface area contributed by atoms with Gasteiger partial charge >= 0.3 is 5.97 Å². The highest BCUT2D eigenvalue weighted by molar-refractivity contribution is 6.31. The van der Waals surface area contributed by atoms with Gasteiger partial charge in [0, 0.05) is 26.6 Å². The average Bonchev–Trinajstić information content (AvgIpc) is 3.23. The molecular formula is C26H20Cl2N2O4. The molecule has 1 heterocycles. The molecule has 4 aromatic rings. The van der Waals surface area contributed by atoms with Gasteiger partial charge in [-0.3, -0.25) is 14.3 Å². The molecular weight excluding hydrogens is 475 g/mol. The van der Waals surface area contributed by atoms with E-state index in [9.17, 15) is 14.4 Å². The lowest BCUT2D eigenvalue weighted by Gasteiger charge is -2.13. The maximum Gasteiger partial charge on any atom is 0.360 e. The van der Waals surface area contributed by atoms with Crippen molar-refractivity contribution < 1.29 is 19.1 Å². The summed E-state index contributed by atoms with van der Waals surface area (Å²) in [6.45, 7) is 3.21. The van der Waals surface area contributed by atoms with Crippen LogP contribution in [0.5, 0.6) is 0 Å². The molecule has 0 aliphatic carbocycles. The molecule has 0 amide bonds. The molecule has 172 valence electrons. The van der Waals surface area contributed by atoms with E-state index >= 15 is 0 Å². The second-order valence-electron chi connectivity index (χ2n) is 7.78. The Morgan fingerprint density at radius 3 is 1.91 bits per heavy atom. The summed E-state index contributed by atoms with van der Waals surface area (Å²) < 4.78 is 6.94. The molecule has 0 aliphatic rings. The smallest absolute Gasteiger partial charge is 0.360 e. The minimum absolute atomic E-state index is 0.0297. The molecule has 0 radical (unpaired) electrons. The maximum absolute atomic E-state index is 13.1. The third-order valence-electron chi connectivity index (χ3n) is 5.46. The molecule has 0 saturated heterocycles. The number of carbonyl (C=O) groups excluding carboxylic acids is 3. The number of hydrogen-bond donors (Lipinski definition) is 0. The van der Waals surface area contributed by atoms with Gasteiger partial charge in [-0.05, 0) is 68.4 Å². The molecule has 1 aromatic heterocycles. The third-order valence-corrected chi connectivity index (χ3v) is 5.97. The zero-order valence-corrected chi connectivity index (χ0v) is 19.9. The number of hydrogen-bond acceptors (Lipinski definition) is 5. The van der Waals surface area contributed by atoms with Crippen molar-refractivity contribution in [2.45, 2.75) is 26.0 Å². The van der Waals surface area contributed by atoms with Gasteiger partial charge in [-0.25, -0.2) is 4.79 Å². The van der Waals surface area contributed by atoms with Crippen molar-refractivity contribution >= 4 is 51.6 Å². The van der Waals surface area contributed by atoms with E-state index in [-0.39, 0.29) is 17.3 Å². The minimum atomic E-state index is -1.04. The van der Waals surface area contributed by atoms with E-state index in [1.165, 1.54) is 11.6 Å². The fraction of sp³-hybridized carbons (Fsp3) is 0.154. The molecule has 3 aromatic carbocycles. The number of esters is 1. The second-order valence-corrected chi connectivity index (χ2v) is 8.65. The normalized spacial score (nSPS) is 12.8. The van der Waals surface area contributed by atoms with Crippen LogP contribution in [0.15, 0.2) is 72.8 Å². The van der Waals surface area contributed by atoms with E-state index in [1.807, 2.05) is 0 Å². The Morgan fingerprint density at radius 2 is 1.32 bits per heavy atom. The summed E-state index contributed by atoms with van der Waals surface area (Å²) in [6, 6.07) is 19.3. The summed E-state index contributed by atoms with van der Waals surface area (Å²) in [5.74, 6) is -1.30. The van der Waals surface area contributed by atoms with Gasteiger partial charge in [0.15, 0.2) is 17.6 Å². The highest BCUT2D eigenvalue weighted by Crippen LogP contribution is 2.25. The summed E-state index contributed by atoms with van der Waals surface area (Å²) in [5, 5.41) is 5.97. The highest BCUT2D eigenvalue weighted by atomic mass is 35.5. The van der Waals surface area contributed by atoms with E-state index < -0.39 is 18.1 Å². The van der Waals surface area contributed by atoms with E-state index in [2.05, 4.69) is 5.10 Å². The summed E-state index contributed by atoms with van der Waals surface area (Å²) in [7, 11) is 0. The van der Waals surface area contributed by atoms with Gasteiger partial charge in [0.05, 0.1) is 5.52 Å². The predicted molar refractivity (Wildman–Crippen MR) is 131 cm³/mol. The molecule has 0 aliphatic heterocycles. The van der Waals surface area contributed by atoms with Crippen LogP contribution in [0.1, 0.15) is 51.1 Å². The SMILES string of the molecule is CC(OC(=O)c1nn(C(C)C(=O)c2ccc(Cl)cc2)c2ccccc12)C(=O)c1ccc(Cl)cc1. The third kappa shape index (κ3) is 4.74. The fourth-order valence-corrected chi connectivity index (χ4v) is 3.87. The number of Topliss-reactive ketones (excluding diaryl/α,β-unsaturated/α-hetero) is 2. The number of nitrogens with zero attached hydrogens (tertiary/aromatic N) is 2. The van der Waals surface area contributed by atoms with Crippen LogP contribution in [-0.4, -0.2) is 33.4 Å². The molecule has 0 spiro atoms. The maximum atomic E-state index is 13.1. The molecule has 2 unspecified atom stereocenters. The van der Waals surface area contributed by atoms with Crippen molar-refractivity contribution in [2.75, 3.05) is 0 Å². The van der Waals surface area contributed by atoms with Crippen molar-refractivity contribution in [3.8, 4) is 0 Å². The van der Waals surface area contributed by atoms with E-state index in [0.29, 0.717) is 32.1 Å². The highest BCUT2D eigenvalue weighted by Gasteiger charge is 2.27. The molecule has 4 rings (SSSR count). The number of fused-ring (bicyclic) bond motifs is 1. The van der Waals surface area contributed by atoms with Crippen LogP contribution in [0.4, 0.5) is 0 Å². The summed E-state index contributed by atoms with van der Waals surface area (Å²) in [4.78, 5) is 38.7. The van der Waals surface area contributed by atoms with Crippen molar-refractivity contribution in [3.63, 3.8) is 0 Å². The van der Waals surface area contributed by atoms with E-state index in [1.54, 1.807) is 79.7 Å². The number of rotatable bonds is 7. The average molecular weight is 495 g/mol. The lowest BCUT2D eigenvalue weighted by molar-refractivity contribution is 0.0313. The Bertz CT molecular complexity index is 1380. The topological polar surface area (TPSA) is 78.3 Å². The van der Waals surface area contributed by atoms with Gasteiger partial charge in [-0.1, -0.05) is 41.4 Å². The van der Waals surface area contributed by atoms with Crippen molar-refractivity contribution in [2.24, 2.45) is 0 Å². The number of ketones is 2. The lowest BCUT2D eigenvalue weighted by Crippen LogP contribution is -2.25. The minimum Gasteiger partial charge on any atom is -0.449 e. The molecule has 34 heavy (non-hydrogen) atoms. The predicted octanol–water partition coefficient (Wildman–Crippen LogP) is 6.22. The van der Waals surface area contributed by atoms with Gasteiger partial charge < -0.3 is 4.74 Å². The van der Waals surface area contributed by atoms with Gasteiger partial charge in [0.1, 0.15) is 6.04 Å². The van der Waals surface area contributed by atoms with Crippen LogP contribution >= 0.6 is 23.2 Å². The molecule has 0 fully saturated rings. The Labute approximate surface area is 206 Å². The monoisotopic (exact) mass is 494 g/mol. The van der Waals surface area contributed by atoms with E-state index in [0.717, 1.165) is 0 Å². The number of para-hydroxylation sites is 1. The summed E-state index contributed by atoms with van der Waals surface area (Å²) in [6.07, 6.45) is -1.04. The van der Waals surface area contributed by atoms with Crippen LogP contribution in [0, 0.1) is 0 Å². The zero-order chi connectivity index (χ0) is 24.4. The zero-order valence-electron chi connectivity index (χ0n) is 18.4. The summed E-state index contributed by atoms with van der Waals surface area (Å²) >= 11 is 11.8. The van der Waals surface area contributed by atoms with Crippen LogP contribution < -0.4 is 0 Å². The number of halogens is 2. The van der Waals surface area contributed by atoms with Crippen molar-refractivity contribution in [3.05, 3.63) is 99.7 Å². The van der Waals surface area contributed by atoms with Crippen molar-refractivity contribution in [1.82, 2.24) is 9.78 Å². The van der Waals surface area contributed by atoms with Crippen LogP contribution in [0.2, 0.25) is 10.0 Å². The first-order valence-electron chi connectivity index (χ1n) is 10.5. The standard InChI is InChI=1S/C26H20Cl2N2O4/c1-15(24(31)17-7-11-19(27)12-8-17)30-22-6-4-3-5-21(22)23(29-30)26(33)34-16(2)25(32)18-9-13-20(28)14-10-18/h3-16H,1-2H3. The van der Waals surface area contributed by atoms with Crippen LogP contribution in [0.25, 0.3) is 10.9 Å². The molecule has 0 saturated carbocycles. The van der Waals surface area contributed by atoms with Gasteiger partial charge in [0.2, 0.25) is 5.78 Å². The lowest BCUT2D eigenvalue weighted by atomic mass is 10.1. The summed E-state index contributed by atoms with van der Waals surface area (Å²) in [5.41, 5.74) is 1.48. The van der Waals surface area contributed by atoms with Crippen LogP contribution in [0.3, 0.4) is 0 Å². The second kappa shape index (κ2) is 9.79. The largest absolute Gasteiger partial charge is 0.449 e. The first-order chi connectivity index (χ1) is 16.3. The molecule has 0 bridgehead atoms. The number of aromatic nitrogens is 2. The quantitative estimate of drug-likeness (QED) is 0.225. The molecule has 8 heteroatoms. The van der Waals surface area contributed by atoms with Gasteiger partial charge in [0.25, 0.3) is 0 Å².